The van der Waals surface area contributed by atoms with Crippen molar-refractivity contribution in [3.05, 3.63) is 101 Å². The van der Waals surface area contributed by atoms with Crippen LogP contribution in [0.1, 0.15) is 67.2 Å². The minimum atomic E-state index is -0.561. The number of carbonyl (C=O) groups is 2. The molecule has 41 heavy (non-hydrogen) atoms. The summed E-state index contributed by atoms with van der Waals surface area (Å²) in [5, 5.41) is 5.75. The predicted molar refractivity (Wildman–Crippen MR) is 162 cm³/mol. The van der Waals surface area contributed by atoms with Crippen LogP contribution in [0.15, 0.2) is 73.1 Å². The average molecular weight is 549 g/mol. The summed E-state index contributed by atoms with van der Waals surface area (Å²) in [5.74, 6) is -0.0216. The van der Waals surface area contributed by atoms with E-state index in [1.807, 2.05) is 62.2 Å². The standard InChI is InChI=1S/C34H36N4O3/c1-33(2,3)41-32(40)37-19-26-16-27(11-12-28(26)34(4,5)21-37)38-20-25-7-6-8-29(30(25)31(38)39)36-17-22-9-10-24-18-35-14-13-23(24)15-22/h6-16,18,36H,17,19-21H2,1-5H3. The summed E-state index contributed by atoms with van der Waals surface area (Å²) in [6.45, 7) is 12.1. The van der Waals surface area contributed by atoms with Crippen LogP contribution in [0, 0.1) is 0 Å². The molecule has 2 amide bonds. The lowest BCUT2D eigenvalue weighted by atomic mass is 9.78. The van der Waals surface area contributed by atoms with E-state index in [-0.39, 0.29) is 17.4 Å². The molecule has 6 rings (SSSR count). The fourth-order valence-corrected chi connectivity index (χ4v) is 5.98. The van der Waals surface area contributed by atoms with E-state index in [1.54, 1.807) is 11.1 Å². The molecule has 2 aliphatic heterocycles. The van der Waals surface area contributed by atoms with Crippen molar-refractivity contribution in [1.82, 2.24) is 9.88 Å². The minimum absolute atomic E-state index is 0.0216. The Morgan fingerprint density at radius 2 is 1.83 bits per heavy atom. The minimum Gasteiger partial charge on any atom is -0.444 e. The third kappa shape index (κ3) is 5.24. The number of rotatable bonds is 4. The Balaban J connectivity index is 1.23. The number of nitrogens with one attached hydrogen (secondary N) is 1. The topological polar surface area (TPSA) is 74.8 Å². The number of carbonyl (C=O) groups excluding carboxylic acids is 2. The third-order valence-corrected chi connectivity index (χ3v) is 7.85. The highest BCUT2D eigenvalue weighted by molar-refractivity contribution is 6.13. The van der Waals surface area contributed by atoms with Crippen molar-refractivity contribution in [1.29, 1.82) is 0 Å². The number of pyridine rings is 1. The normalized spacial score (nSPS) is 16.0. The Kier molecular flexibility index (Phi) is 6.48. The Morgan fingerprint density at radius 1 is 1.00 bits per heavy atom. The summed E-state index contributed by atoms with van der Waals surface area (Å²) in [6.07, 6.45) is 3.35. The molecule has 3 aromatic carbocycles. The third-order valence-electron chi connectivity index (χ3n) is 7.85. The quantitative estimate of drug-likeness (QED) is 0.296. The maximum atomic E-state index is 13.8. The van der Waals surface area contributed by atoms with Crippen LogP contribution in [0.25, 0.3) is 10.8 Å². The summed E-state index contributed by atoms with van der Waals surface area (Å²) in [6, 6.07) is 20.5. The maximum Gasteiger partial charge on any atom is 0.410 e. The van der Waals surface area contributed by atoms with Gasteiger partial charge in [0.1, 0.15) is 5.60 Å². The van der Waals surface area contributed by atoms with Crippen LogP contribution in [-0.4, -0.2) is 34.0 Å². The average Bonchev–Trinajstić information content (AvgIpc) is 3.27. The van der Waals surface area contributed by atoms with Gasteiger partial charge in [0.2, 0.25) is 0 Å². The molecule has 7 nitrogen and oxygen atoms in total. The lowest BCUT2D eigenvalue weighted by Crippen LogP contribution is -2.46. The SMILES string of the molecule is CC(C)(C)OC(=O)N1Cc2cc(N3Cc4cccc(NCc5ccc6cnccc6c5)c4C3=O)ccc2C(C)(C)C1. The van der Waals surface area contributed by atoms with Crippen LogP contribution >= 0.6 is 0 Å². The van der Waals surface area contributed by atoms with Crippen molar-refractivity contribution >= 4 is 34.1 Å². The van der Waals surface area contributed by atoms with E-state index in [1.165, 1.54) is 5.56 Å². The largest absolute Gasteiger partial charge is 0.444 e. The fourth-order valence-electron chi connectivity index (χ4n) is 5.98. The zero-order valence-corrected chi connectivity index (χ0v) is 24.3. The molecule has 0 saturated carbocycles. The van der Waals surface area contributed by atoms with Crippen LogP contribution in [0.2, 0.25) is 0 Å². The molecule has 0 unspecified atom stereocenters. The van der Waals surface area contributed by atoms with Gasteiger partial charge in [0.05, 0.1) is 12.1 Å². The van der Waals surface area contributed by atoms with Crippen molar-refractivity contribution < 1.29 is 14.3 Å². The van der Waals surface area contributed by atoms with Gasteiger partial charge < -0.3 is 19.9 Å². The zero-order valence-electron chi connectivity index (χ0n) is 24.3. The van der Waals surface area contributed by atoms with Crippen LogP contribution < -0.4 is 10.2 Å². The first-order chi connectivity index (χ1) is 19.5. The van der Waals surface area contributed by atoms with E-state index in [0.717, 1.165) is 38.8 Å². The molecule has 2 aliphatic rings. The molecule has 0 aliphatic carbocycles. The molecular weight excluding hydrogens is 512 g/mol. The first-order valence-electron chi connectivity index (χ1n) is 14.1. The highest BCUT2D eigenvalue weighted by Crippen LogP contribution is 2.39. The van der Waals surface area contributed by atoms with Gasteiger partial charge in [-0.05, 0) is 78.7 Å². The van der Waals surface area contributed by atoms with Crippen LogP contribution in [0.4, 0.5) is 16.2 Å². The molecule has 0 fully saturated rings. The van der Waals surface area contributed by atoms with Crippen LogP contribution in [0.5, 0.6) is 0 Å². The van der Waals surface area contributed by atoms with E-state index in [2.05, 4.69) is 54.5 Å². The number of ether oxygens (including phenoxy) is 1. The second-order valence-electron chi connectivity index (χ2n) is 12.7. The number of amides is 2. The molecule has 0 bridgehead atoms. The van der Waals surface area contributed by atoms with Gasteiger partial charge in [-0.15, -0.1) is 0 Å². The van der Waals surface area contributed by atoms with E-state index < -0.39 is 5.60 Å². The van der Waals surface area contributed by atoms with Gasteiger partial charge in [0.25, 0.3) is 5.91 Å². The summed E-state index contributed by atoms with van der Waals surface area (Å²) in [7, 11) is 0. The maximum absolute atomic E-state index is 13.8. The lowest BCUT2D eigenvalue weighted by molar-refractivity contribution is 0.0174. The van der Waals surface area contributed by atoms with E-state index in [9.17, 15) is 9.59 Å². The van der Waals surface area contributed by atoms with Crippen LogP contribution in [-0.2, 0) is 29.8 Å². The van der Waals surface area contributed by atoms with Gasteiger partial charge in [-0.1, -0.05) is 44.2 Å². The molecule has 7 heteroatoms. The second-order valence-corrected chi connectivity index (χ2v) is 12.7. The Labute approximate surface area is 241 Å². The summed E-state index contributed by atoms with van der Waals surface area (Å²) < 4.78 is 5.68. The Morgan fingerprint density at radius 3 is 2.63 bits per heavy atom. The molecule has 4 aromatic rings. The zero-order chi connectivity index (χ0) is 28.9. The summed E-state index contributed by atoms with van der Waals surface area (Å²) in [4.78, 5) is 34.6. The second kappa shape index (κ2) is 9.91. The molecular formula is C34H36N4O3. The number of anilines is 2. The van der Waals surface area contributed by atoms with Crippen molar-refractivity contribution in [2.75, 3.05) is 16.8 Å². The number of hydrogen-bond donors (Lipinski definition) is 1. The smallest absolute Gasteiger partial charge is 0.410 e. The van der Waals surface area contributed by atoms with Gasteiger partial charge in [-0.3, -0.25) is 9.78 Å². The highest BCUT2D eigenvalue weighted by Gasteiger charge is 2.37. The van der Waals surface area contributed by atoms with Gasteiger partial charge in [0.15, 0.2) is 0 Å². The van der Waals surface area contributed by atoms with Crippen molar-refractivity contribution in [2.45, 2.75) is 65.3 Å². The summed E-state index contributed by atoms with van der Waals surface area (Å²) in [5.41, 5.74) is 5.95. The molecule has 3 heterocycles. The molecule has 0 radical (unpaired) electrons. The predicted octanol–water partition coefficient (Wildman–Crippen LogP) is 7.04. The van der Waals surface area contributed by atoms with Gasteiger partial charge in [0, 0.05) is 54.2 Å². The molecule has 1 N–H and O–H groups in total. The van der Waals surface area contributed by atoms with E-state index in [4.69, 9.17) is 4.74 Å². The van der Waals surface area contributed by atoms with Crippen LogP contribution in [0.3, 0.4) is 0 Å². The molecule has 1 aromatic heterocycles. The number of fused-ring (bicyclic) bond motifs is 3. The van der Waals surface area contributed by atoms with Gasteiger partial charge in [-0.25, -0.2) is 4.79 Å². The molecule has 0 saturated heterocycles. The fraction of sp³-hybridized carbons (Fsp3) is 0.324. The van der Waals surface area contributed by atoms with E-state index in [0.29, 0.717) is 31.7 Å². The number of benzene rings is 3. The Bertz CT molecular complexity index is 1670. The van der Waals surface area contributed by atoms with Crippen molar-refractivity contribution in [3.8, 4) is 0 Å². The number of nitrogens with zero attached hydrogens (tertiary/aromatic N) is 3. The first kappa shape index (κ1) is 26.8. The molecule has 0 spiro atoms. The summed E-state index contributed by atoms with van der Waals surface area (Å²) >= 11 is 0. The monoisotopic (exact) mass is 548 g/mol. The number of hydrogen-bond acceptors (Lipinski definition) is 5. The highest BCUT2D eigenvalue weighted by atomic mass is 16.6. The number of aromatic nitrogens is 1. The van der Waals surface area contributed by atoms with Crippen molar-refractivity contribution in [2.24, 2.45) is 0 Å². The first-order valence-corrected chi connectivity index (χ1v) is 14.1. The van der Waals surface area contributed by atoms with Gasteiger partial charge >= 0.3 is 6.09 Å². The van der Waals surface area contributed by atoms with Crippen molar-refractivity contribution in [3.63, 3.8) is 0 Å². The Hall–Kier alpha value is -4.39. The molecule has 0 atom stereocenters. The van der Waals surface area contributed by atoms with E-state index >= 15 is 0 Å². The van der Waals surface area contributed by atoms with Gasteiger partial charge in [-0.2, -0.15) is 0 Å². The molecule has 210 valence electrons. The lowest BCUT2D eigenvalue weighted by Gasteiger charge is -2.40.